The Morgan fingerprint density at radius 2 is 1.88 bits per heavy atom. The molecule has 1 fully saturated rings. The van der Waals surface area contributed by atoms with Gasteiger partial charge < -0.3 is 15.3 Å². The number of nitrogens with one attached hydrogen (secondary N) is 1. The van der Waals surface area contributed by atoms with Gasteiger partial charge in [-0.1, -0.05) is 30.7 Å². The quantitative estimate of drug-likeness (QED) is 0.479. The maximum absolute atomic E-state index is 14.1. The smallest absolute Gasteiger partial charge is 0.287 e. The number of sulfone groups is 1. The number of fused-ring (bicyclic) bond motifs is 3. The Morgan fingerprint density at radius 3 is 2.60 bits per heavy atom. The molecule has 2 bridgehead atoms. The van der Waals surface area contributed by atoms with Crippen molar-refractivity contribution in [3.8, 4) is 0 Å². The number of allylic oxidation sites excluding steroid dienone is 1. The fraction of sp³-hybridized carbons (Fsp3) is 0.407. The summed E-state index contributed by atoms with van der Waals surface area (Å²) in [5.41, 5.74) is 0.850. The van der Waals surface area contributed by atoms with Gasteiger partial charge in [0.2, 0.25) is 0 Å². The van der Waals surface area contributed by atoms with Gasteiger partial charge in [-0.15, -0.1) is 15.7 Å². The first-order valence-corrected chi connectivity index (χ1v) is 17.4. The molecule has 0 spiro atoms. The number of thiophene rings is 1. The van der Waals surface area contributed by atoms with Crippen molar-refractivity contribution in [1.29, 1.82) is 0 Å². The van der Waals surface area contributed by atoms with Gasteiger partial charge in [-0.3, -0.25) is 4.79 Å². The second kappa shape index (κ2) is 9.81. The molecular formula is C27H28FN3O6S3. The predicted octanol–water partition coefficient (Wildman–Crippen LogP) is 3.81. The summed E-state index contributed by atoms with van der Waals surface area (Å²) < 4.78 is 67.6. The molecule has 9 nitrogen and oxygen atoms in total. The highest BCUT2D eigenvalue weighted by atomic mass is 32.2. The van der Waals surface area contributed by atoms with Crippen LogP contribution in [0.4, 0.5) is 9.39 Å². The molecule has 4 atom stereocenters. The van der Waals surface area contributed by atoms with Crippen LogP contribution in [-0.2, 0) is 37.6 Å². The lowest BCUT2D eigenvalue weighted by molar-refractivity contribution is -0.134. The lowest BCUT2D eigenvalue weighted by Gasteiger charge is -2.47. The Balaban J connectivity index is 1.42. The van der Waals surface area contributed by atoms with Gasteiger partial charge in [0.1, 0.15) is 36.9 Å². The number of aliphatic hydroxyl groups is 1. The molecule has 1 aromatic heterocycles. The molecule has 4 unspecified atom stereocenters. The van der Waals surface area contributed by atoms with Gasteiger partial charge in [-0.2, -0.15) is 8.42 Å². The van der Waals surface area contributed by atoms with Crippen LogP contribution in [0, 0.1) is 23.6 Å². The summed E-state index contributed by atoms with van der Waals surface area (Å²) in [5.74, 6) is -2.05. The standard InChI is InChI=1S/C27H28FN3O6S3/c1-39(34,35)12-11-18-14-38-26-24(18)40(36,37)30-25(29-26)21-23(32)20-16-3-2-4-17(8-7-16)22(20)31(27(21)33)13-15-5-9-19(28)10-6-15/h5-10,14,16-17,20,22,32H,2-4,11-13H2,1H3,(H,29,30). The van der Waals surface area contributed by atoms with E-state index in [1.54, 1.807) is 22.4 Å². The van der Waals surface area contributed by atoms with Gasteiger partial charge in [0.15, 0.2) is 5.84 Å². The van der Waals surface area contributed by atoms with Crippen molar-refractivity contribution in [2.75, 3.05) is 17.3 Å². The number of hydrogen-bond donors (Lipinski definition) is 2. The maximum Gasteiger partial charge on any atom is 0.287 e. The Kier molecular flexibility index (Phi) is 6.66. The first-order chi connectivity index (χ1) is 18.9. The molecule has 5 aliphatic rings. The van der Waals surface area contributed by atoms with Gasteiger partial charge in [-0.05, 0) is 59.7 Å². The number of anilines is 1. The van der Waals surface area contributed by atoms with Gasteiger partial charge in [-0.25, -0.2) is 12.8 Å². The molecule has 0 radical (unpaired) electrons. The monoisotopic (exact) mass is 605 g/mol. The normalized spacial score (nSPS) is 27.1. The number of amides is 1. The summed E-state index contributed by atoms with van der Waals surface area (Å²) >= 11 is 1.08. The number of carbonyl (C=O) groups excluding carboxylic acids is 1. The summed E-state index contributed by atoms with van der Waals surface area (Å²) in [4.78, 5) is 15.7. The number of benzene rings is 1. The Bertz CT molecular complexity index is 1690. The number of nitrogens with zero attached hydrogens (tertiary/aromatic N) is 2. The molecule has 2 N–H and O–H groups in total. The van der Waals surface area contributed by atoms with E-state index in [2.05, 4.69) is 21.9 Å². The van der Waals surface area contributed by atoms with Crippen molar-refractivity contribution in [1.82, 2.24) is 4.90 Å². The summed E-state index contributed by atoms with van der Waals surface area (Å²) in [5, 5.41) is 16.4. The zero-order valence-corrected chi connectivity index (χ0v) is 24.0. The number of aliphatic hydroxyl groups excluding tert-OH is 1. The fourth-order valence-electron chi connectivity index (χ4n) is 6.33. The Labute approximate surface area is 236 Å². The van der Waals surface area contributed by atoms with Crippen LogP contribution >= 0.6 is 11.3 Å². The van der Waals surface area contributed by atoms with Crippen LogP contribution < -0.4 is 5.32 Å². The van der Waals surface area contributed by atoms with E-state index in [0.29, 0.717) is 11.1 Å². The van der Waals surface area contributed by atoms with Crippen molar-refractivity contribution in [2.24, 2.45) is 22.2 Å². The molecule has 7 rings (SSSR count). The first-order valence-electron chi connectivity index (χ1n) is 13.0. The van der Waals surface area contributed by atoms with E-state index in [9.17, 15) is 31.1 Å². The van der Waals surface area contributed by atoms with Crippen molar-refractivity contribution < 1.29 is 31.1 Å². The molecular weight excluding hydrogens is 578 g/mol. The summed E-state index contributed by atoms with van der Waals surface area (Å²) in [6.45, 7) is 0.161. The lowest BCUT2D eigenvalue weighted by atomic mass is 9.71. The molecule has 13 heteroatoms. The van der Waals surface area contributed by atoms with E-state index in [1.807, 2.05) is 0 Å². The molecule has 2 aliphatic heterocycles. The molecule has 3 heterocycles. The summed E-state index contributed by atoms with van der Waals surface area (Å²) in [7, 11) is -7.62. The molecule has 1 saturated carbocycles. The third-order valence-electron chi connectivity index (χ3n) is 8.12. The van der Waals surface area contributed by atoms with Crippen LogP contribution in [0.15, 0.2) is 62.4 Å². The number of amidine groups is 1. The van der Waals surface area contributed by atoms with Crippen LogP contribution in [-0.4, -0.2) is 56.6 Å². The SMILES string of the molecule is CS(=O)(=O)CCc1csc2c1S(=O)(=O)N=C(C1=C(O)C3C4C=CC(CCC4)C3N(Cc3ccc(F)cc3)C1=O)N2. The summed E-state index contributed by atoms with van der Waals surface area (Å²) in [6.07, 6.45) is 7.88. The third-order valence-corrected chi connectivity index (χ3v) is 11.5. The van der Waals surface area contributed by atoms with Gasteiger partial charge in [0.25, 0.3) is 15.9 Å². The molecule has 0 saturated heterocycles. The Morgan fingerprint density at radius 1 is 1.18 bits per heavy atom. The second-order valence-electron chi connectivity index (χ2n) is 10.8. The van der Waals surface area contributed by atoms with Crippen LogP contribution in [0.3, 0.4) is 0 Å². The first kappa shape index (κ1) is 27.2. The number of rotatable bonds is 6. The molecule has 1 amide bonds. The topological polar surface area (TPSA) is 133 Å². The zero-order valence-electron chi connectivity index (χ0n) is 21.6. The minimum absolute atomic E-state index is 0.00785. The van der Waals surface area contributed by atoms with E-state index in [1.165, 1.54) is 12.1 Å². The highest BCUT2D eigenvalue weighted by Crippen LogP contribution is 2.48. The molecule has 2 aromatic rings. The highest BCUT2D eigenvalue weighted by molar-refractivity contribution is 7.91. The average molecular weight is 606 g/mol. The number of halogens is 1. The Hall–Kier alpha value is -3.03. The van der Waals surface area contributed by atoms with Gasteiger partial charge >= 0.3 is 0 Å². The van der Waals surface area contributed by atoms with Crippen LogP contribution in [0.25, 0.3) is 0 Å². The summed E-state index contributed by atoms with van der Waals surface area (Å²) in [6, 6.07) is 5.54. The van der Waals surface area contributed by atoms with Crippen LogP contribution in [0.2, 0.25) is 0 Å². The van der Waals surface area contributed by atoms with E-state index < -0.39 is 37.5 Å². The van der Waals surface area contributed by atoms with Crippen molar-refractivity contribution >= 4 is 47.9 Å². The number of hydrogen-bond acceptors (Lipinski definition) is 8. The van der Waals surface area contributed by atoms with E-state index in [-0.39, 0.29) is 63.7 Å². The number of sulfonamides is 1. The third kappa shape index (κ3) is 4.77. The molecule has 1 aromatic carbocycles. The number of aryl methyl sites for hydroxylation is 1. The van der Waals surface area contributed by atoms with Crippen molar-refractivity contribution in [2.45, 2.75) is 43.2 Å². The van der Waals surface area contributed by atoms with E-state index in [4.69, 9.17) is 0 Å². The van der Waals surface area contributed by atoms with Gasteiger partial charge in [0.05, 0.1) is 5.75 Å². The molecule has 212 valence electrons. The fourth-order valence-corrected chi connectivity index (χ4v) is 9.59. The lowest BCUT2D eigenvalue weighted by Crippen LogP contribution is -2.56. The van der Waals surface area contributed by atoms with Crippen LogP contribution in [0.5, 0.6) is 0 Å². The van der Waals surface area contributed by atoms with Gasteiger partial charge in [0, 0.05) is 24.8 Å². The van der Waals surface area contributed by atoms with Crippen LogP contribution in [0.1, 0.15) is 30.4 Å². The minimum Gasteiger partial charge on any atom is -0.511 e. The second-order valence-corrected chi connectivity index (χ2v) is 15.5. The minimum atomic E-state index is -4.30. The predicted molar refractivity (Wildman–Crippen MR) is 150 cm³/mol. The largest absolute Gasteiger partial charge is 0.511 e. The van der Waals surface area contributed by atoms with E-state index >= 15 is 0 Å². The van der Waals surface area contributed by atoms with E-state index in [0.717, 1.165) is 36.9 Å². The van der Waals surface area contributed by atoms with Crippen molar-refractivity contribution in [3.05, 3.63) is 70.1 Å². The molecule has 3 aliphatic carbocycles. The van der Waals surface area contributed by atoms with Crippen molar-refractivity contribution in [3.63, 3.8) is 0 Å². The zero-order chi connectivity index (χ0) is 28.4. The maximum atomic E-state index is 14.1. The number of carbonyl (C=O) groups is 1. The molecule has 40 heavy (non-hydrogen) atoms. The average Bonchev–Trinajstić information content (AvgIpc) is 3.05. The highest BCUT2D eigenvalue weighted by Gasteiger charge is 2.51.